The zero-order chi connectivity index (χ0) is 11.5. The van der Waals surface area contributed by atoms with Crippen LogP contribution in [0.3, 0.4) is 0 Å². The molecule has 3 heteroatoms. The fraction of sp³-hybridized carbons (Fsp3) is 0.917. The van der Waals surface area contributed by atoms with Gasteiger partial charge in [0.25, 0.3) is 0 Å². The van der Waals surface area contributed by atoms with Crippen molar-refractivity contribution in [3.8, 4) is 0 Å². The number of hydrogen-bond donors (Lipinski definition) is 1. The number of carbonyl (C=O) groups is 1. The molecule has 1 rings (SSSR count). The molecule has 0 bridgehead atoms. The van der Waals surface area contributed by atoms with Gasteiger partial charge in [0.05, 0.1) is 5.60 Å². The molecule has 15 heavy (non-hydrogen) atoms. The third-order valence-corrected chi connectivity index (χ3v) is 3.30. The predicted molar refractivity (Wildman–Crippen MR) is 60.8 cm³/mol. The van der Waals surface area contributed by atoms with Crippen molar-refractivity contribution < 1.29 is 9.90 Å². The Labute approximate surface area is 92.5 Å². The van der Waals surface area contributed by atoms with Gasteiger partial charge < -0.3 is 10.0 Å². The molecule has 88 valence electrons. The van der Waals surface area contributed by atoms with Crippen LogP contribution in [0.25, 0.3) is 0 Å². The van der Waals surface area contributed by atoms with E-state index in [2.05, 4.69) is 11.8 Å². The van der Waals surface area contributed by atoms with E-state index in [-0.39, 0.29) is 5.78 Å². The average molecular weight is 213 g/mol. The number of rotatable bonds is 3. The highest BCUT2D eigenvalue weighted by Crippen LogP contribution is 2.23. The Morgan fingerprint density at radius 3 is 2.73 bits per heavy atom. The Hall–Kier alpha value is -0.410. The molecule has 0 saturated carbocycles. The van der Waals surface area contributed by atoms with E-state index in [4.69, 9.17) is 0 Å². The van der Waals surface area contributed by atoms with Gasteiger partial charge in [0.2, 0.25) is 0 Å². The summed E-state index contributed by atoms with van der Waals surface area (Å²) in [4.78, 5) is 13.4. The van der Waals surface area contributed by atoms with Gasteiger partial charge in [0, 0.05) is 19.0 Å². The monoisotopic (exact) mass is 213 g/mol. The topological polar surface area (TPSA) is 40.5 Å². The molecule has 0 radical (unpaired) electrons. The quantitative estimate of drug-likeness (QED) is 0.774. The van der Waals surface area contributed by atoms with E-state index in [1.54, 1.807) is 6.92 Å². The van der Waals surface area contributed by atoms with Gasteiger partial charge in [-0.25, -0.2) is 0 Å². The number of carbonyl (C=O) groups excluding carboxylic acids is 1. The van der Waals surface area contributed by atoms with Gasteiger partial charge in [-0.15, -0.1) is 0 Å². The lowest BCUT2D eigenvalue weighted by atomic mass is 9.98. The Balaban J connectivity index is 2.46. The predicted octanol–water partition coefficient (Wildman–Crippen LogP) is 1.59. The van der Waals surface area contributed by atoms with Crippen LogP contribution in [0, 0.1) is 0 Å². The summed E-state index contributed by atoms with van der Waals surface area (Å²) < 4.78 is 0. The molecule has 0 aromatic carbocycles. The molecule has 0 aromatic rings. The lowest BCUT2D eigenvalue weighted by Gasteiger charge is -2.27. The SMILES string of the molecule is CC(=O)CC(C)N1CCCC(C)(O)CC1. The zero-order valence-electron chi connectivity index (χ0n) is 10.1. The van der Waals surface area contributed by atoms with Crippen molar-refractivity contribution >= 4 is 5.78 Å². The summed E-state index contributed by atoms with van der Waals surface area (Å²) >= 11 is 0. The minimum Gasteiger partial charge on any atom is -0.390 e. The number of hydrogen-bond acceptors (Lipinski definition) is 3. The van der Waals surface area contributed by atoms with Crippen LogP contribution in [0.15, 0.2) is 0 Å². The summed E-state index contributed by atoms with van der Waals surface area (Å²) in [7, 11) is 0. The number of Topliss-reactive ketones (excluding diaryl/α,β-unsaturated/α-hetero) is 1. The molecule has 0 amide bonds. The van der Waals surface area contributed by atoms with Crippen LogP contribution >= 0.6 is 0 Å². The lowest BCUT2D eigenvalue weighted by molar-refractivity contribution is -0.118. The van der Waals surface area contributed by atoms with Gasteiger partial charge >= 0.3 is 0 Å². The highest BCUT2D eigenvalue weighted by molar-refractivity contribution is 5.76. The minimum absolute atomic E-state index is 0.249. The van der Waals surface area contributed by atoms with Crippen molar-refractivity contribution in [1.29, 1.82) is 0 Å². The molecule has 1 heterocycles. The third-order valence-electron chi connectivity index (χ3n) is 3.30. The normalized spacial score (nSPS) is 30.9. The van der Waals surface area contributed by atoms with Crippen LogP contribution in [0.5, 0.6) is 0 Å². The maximum absolute atomic E-state index is 11.0. The molecule has 2 unspecified atom stereocenters. The third kappa shape index (κ3) is 4.31. The first-order valence-corrected chi connectivity index (χ1v) is 5.86. The van der Waals surface area contributed by atoms with Gasteiger partial charge in [-0.05, 0) is 46.6 Å². The van der Waals surface area contributed by atoms with Gasteiger partial charge in [-0.3, -0.25) is 4.79 Å². The van der Waals surface area contributed by atoms with Crippen molar-refractivity contribution in [1.82, 2.24) is 4.90 Å². The highest BCUT2D eigenvalue weighted by atomic mass is 16.3. The van der Waals surface area contributed by atoms with Gasteiger partial charge in [-0.2, -0.15) is 0 Å². The van der Waals surface area contributed by atoms with Crippen LogP contribution in [0.1, 0.15) is 46.5 Å². The molecular weight excluding hydrogens is 190 g/mol. The number of likely N-dealkylation sites (tertiary alicyclic amines) is 1. The summed E-state index contributed by atoms with van der Waals surface area (Å²) in [6, 6.07) is 0.316. The average Bonchev–Trinajstić information content (AvgIpc) is 2.25. The standard InChI is InChI=1S/C12H23NO2/c1-10(9-11(2)14)13-7-4-5-12(3,15)6-8-13/h10,15H,4-9H2,1-3H3. The van der Waals surface area contributed by atoms with Gasteiger partial charge in [0.15, 0.2) is 0 Å². The van der Waals surface area contributed by atoms with Gasteiger partial charge in [-0.1, -0.05) is 0 Å². The maximum Gasteiger partial charge on any atom is 0.131 e. The minimum atomic E-state index is -0.509. The molecule has 1 saturated heterocycles. The van der Waals surface area contributed by atoms with Crippen LogP contribution in [0.4, 0.5) is 0 Å². The smallest absolute Gasteiger partial charge is 0.131 e. The van der Waals surface area contributed by atoms with Crippen LogP contribution < -0.4 is 0 Å². The number of nitrogens with zero attached hydrogens (tertiary/aromatic N) is 1. The summed E-state index contributed by atoms with van der Waals surface area (Å²) in [6.45, 7) is 7.56. The Morgan fingerprint density at radius 2 is 2.13 bits per heavy atom. The van der Waals surface area contributed by atoms with Crippen LogP contribution in [0.2, 0.25) is 0 Å². The summed E-state index contributed by atoms with van der Waals surface area (Å²) in [5.74, 6) is 0.249. The first-order chi connectivity index (χ1) is 6.91. The molecular formula is C12H23NO2. The molecule has 0 aromatic heterocycles. The Kier molecular flexibility index (Phi) is 4.29. The number of ketones is 1. The van der Waals surface area contributed by atoms with E-state index in [1.165, 1.54) is 0 Å². The van der Waals surface area contributed by atoms with E-state index in [0.29, 0.717) is 12.5 Å². The van der Waals surface area contributed by atoms with Crippen molar-refractivity contribution in [2.75, 3.05) is 13.1 Å². The fourth-order valence-electron chi connectivity index (χ4n) is 2.27. The molecule has 1 fully saturated rings. The van der Waals surface area contributed by atoms with E-state index >= 15 is 0 Å². The second-order valence-corrected chi connectivity index (χ2v) is 5.14. The highest BCUT2D eigenvalue weighted by Gasteiger charge is 2.26. The van der Waals surface area contributed by atoms with Gasteiger partial charge in [0.1, 0.15) is 5.78 Å². The summed E-state index contributed by atoms with van der Waals surface area (Å²) in [5.41, 5.74) is -0.509. The molecule has 3 nitrogen and oxygen atoms in total. The molecule has 0 spiro atoms. The second kappa shape index (κ2) is 5.08. The first-order valence-electron chi connectivity index (χ1n) is 5.86. The van der Waals surface area contributed by atoms with E-state index in [0.717, 1.165) is 32.4 Å². The summed E-state index contributed by atoms with van der Waals surface area (Å²) in [6.07, 6.45) is 3.34. The van der Waals surface area contributed by atoms with Crippen molar-refractivity contribution in [3.63, 3.8) is 0 Å². The fourth-order valence-corrected chi connectivity index (χ4v) is 2.27. The van der Waals surface area contributed by atoms with E-state index in [9.17, 15) is 9.90 Å². The van der Waals surface area contributed by atoms with E-state index < -0.39 is 5.60 Å². The molecule has 1 N–H and O–H groups in total. The van der Waals surface area contributed by atoms with Crippen LogP contribution in [-0.2, 0) is 4.79 Å². The van der Waals surface area contributed by atoms with Crippen molar-refractivity contribution in [2.24, 2.45) is 0 Å². The van der Waals surface area contributed by atoms with E-state index in [1.807, 2.05) is 6.92 Å². The molecule has 1 aliphatic heterocycles. The Bertz CT molecular complexity index is 226. The number of aliphatic hydroxyl groups is 1. The first kappa shape index (κ1) is 12.7. The largest absolute Gasteiger partial charge is 0.390 e. The molecule has 2 atom stereocenters. The van der Waals surface area contributed by atoms with Crippen molar-refractivity contribution in [3.05, 3.63) is 0 Å². The van der Waals surface area contributed by atoms with Crippen molar-refractivity contribution in [2.45, 2.75) is 58.1 Å². The summed E-state index contributed by atoms with van der Waals surface area (Å²) in [5, 5.41) is 9.94. The van der Waals surface area contributed by atoms with Crippen LogP contribution in [-0.4, -0.2) is 40.5 Å². The molecule has 0 aliphatic carbocycles. The Morgan fingerprint density at radius 1 is 1.47 bits per heavy atom. The maximum atomic E-state index is 11.0. The molecule has 1 aliphatic rings. The second-order valence-electron chi connectivity index (χ2n) is 5.14. The zero-order valence-corrected chi connectivity index (χ0v) is 10.1. The lowest BCUT2D eigenvalue weighted by Crippen LogP contribution is -2.36.